The highest BCUT2D eigenvalue weighted by atomic mass is 16.5. The van der Waals surface area contributed by atoms with Crippen molar-refractivity contribution in [2.24, 2.45) is 23.3 Å². The zero-order valence-electron chi connectivity index (χ0n) is 33.6. The van der Waals surface area contributed by atoms with Crippen molar-refractivity contribution in [2.75, 3.05) is 53.0 Å². The fourth-order valence-corrected chi connectivity index (χ4v) is 7.90. The molecule has 15 nitrogen and oxygen atoms in total. The van der Waals surface area contributed by atoms with Crippen molar-refractivity contribution in [3.63, 3.8) is 0 Å². The van der Waals surface area contributed by atoms with E-state index in [1.54, 1.807) is 7.05 Å². The number of nitrogens with two attached hydrogens (primary N) is 2. The van der Waals surface area contributed by atoms with Crippen LogP contribution in [0.4, 0.5) is 0 Å². The van der Waals surface area contributed by atoms with Gasteiger partial charge in [0, 0.05) is 33.3 Å². The number of amides is 5. The first kappa shape index (κ1) is 45.5. The predicted molar refractivity (Wildman–Crippen MR) is 208 cm³/mol. The Morgan fingerprint density at radius 2 is 1.50 bits per heavy atom. The standard InChI is InChI=1S/C39H72N8O7/c1-5-7-8-13-19-32-27(3)39(52)46(4)31(16-6-2)37(50)45-34(28-17-11-9-10-12-18-28)38(51)42-29(24-41)35(48)43-30-25-53-23-15-22-47(21-14-20-40)33(26-54-32)44-36(30)49/h27-34H,5-26,40-41H2,1-4H3,(H,42,51)(H,43,48)(H,44,49)(H,45,50)/t27?,29?,30?,31?,32-,33-,34?/m1/s1. The molecule has 54 heavy (non-hydrogen) atoms. The van der Waals surface area contributed by atoms with Gasteiger partial charge in [0.25, 0.3) is 0 Å². The van der Waals surface area contributed by atoms with E-state index < -0.39 is 66.0 Å². The fourth-order valence-electron chi connectivity index (χ4n) is 7.90. The van der Waals surface area contributed by atoms with Gasteiger partial charge in [-0.1, -0.05) is 78.6 Å². The number of nitrogens with zero attached hydrogens (tertiary/aromatic N) is 2. The monoisotopic (exact) mass is 765 g/mol. The Morgan fingerprint density at radius 3 is 2.17 bits per heavy atom. The number of nitrogens with one attached hydrogen (secondary N) is 4. The van der Waals surface area contributed by atoms with E-state index in [4.69, 9.17) is 20.9 Å². The molecule has 2 bridgehead atoms. The lowest BCUT2D eigenvalue weighted by Gasteiger charge is -2.37. The molecule has 5 unspecified atom stereocenters. The van der Waals surface area contributed by atoms with Gasteiger partial charge in [-0.15, -0.1) is 0 Å². The number of carbonyl (C=O) groups excluding carboxylic acids is 5. The number of rotatable bonds is 12. The van der Waals surface area contributed by atoms with Crippen LogP contribution in [0.1, 0.15) is 117 Å². The van der Waals surface area contributed by atoms with Gasteiger partial charge in [0.1, 0.15) is 30.3 Å². The lowest BCUT2D eigenvalue weighted by Crippen LogP contribution is -2.62. The van der Waals surface area contributed by atoms with E-state index in [0.717, 1.165) is 64.2 Å². The second-order valence-corrected chi connectivity index (χ2v) is 15.5. The summed E-state index contributed by atoms with van der Waals surface area (Å²) in [6.45, 7) is 7.79. The molecule has 0 spiro atoms. The molecule has 5 amide bonds. The highest BCUT2D eigenvalue weighted by molar-refractivity contribution is 5.96. The van der Waals surface area contributed by atoms with Crippen LogP contribution >= 0.6 is 0 Å². The van der Waals surface area contributed by atoms with Crippen LogP contribution in [0.25, 0.3) is 0 Å². The van der Waals surface area contributed by atoms with Crippen molar-refractivity contribution in [3.05, 3.63) is 0 Å². The van der Waals surface area contributed by atoms with Gasteiger partial charge in [-0.3, -0.25) is 28.9 Å². The van der Waals surface area contributed by atoms with Crippen LogP contribution < -0.4 is 32.7 Å². The van der Waals surface area contributed by atoms with Crippen LogP contribution in [0, 0.1) is 11.8 Å². The average molecular weight is 765 g/mol. The molecule has 3 rings (SSSR count). The zero-order valence-corrected chi connectivity index (χ0v) is 33.6. The molecule has 0 aromatic carbocycles. The van der Waals surface area contributed by atoms with Gasteiger partial charge < -0.3 is 47.1 Å². The molecule has 0 aromatic heterocycles. The smallest absolute Gasteiger partial charge is 0.246 e. The first-order valence-electron chi connectivity index (χ1n) is 20.9. The summed E-state index contributed by atoms with van der Waals surface area (Å²) < 4.78 is 12.5. The maximum atomic E-state index is 14.3. The molecule has 1 aliphatic carbocycles. The van der Waals surface area contributed by atoms with Crippen LogP contribution in [0.2, 0.25) is 0 Å². The Hall–Kier alpha value is -2.85. The number of likely N-dealkylation sites (N-methyl/N-ethyl adjacent to an activating group) is 1. The molecule has 2 saturated heterocycles. The molecule has 1 saturated carbocycles. The lowest BCUT2D eigenvalue weighted by molar-refractivity contribution is -0.148. The van der Waals surface area contributed by atoms with Gasteiger partial charge in [-0.05, 0) is 51.0 Å². The van der Waals surface area contributed by atoms with E-state index in [9.17, 15) is 24.0 Å². The van der Waals surface area contributed by atoms with E-state index in [0.29, 0.717) is 58.3 Å². The molecule has 15 heteroatoms. The minimum atomic E-state index is -1.17. The molecule has 2 aliphatic heterocycles. The van der Waals surface area contributed by atoms with Crippen molar-refractivity contribution in [2.45, 2.75) is 154 Å². The number of fused-ring (bicyclic) bond motifs is 3. The minimum absolute atomic E-state index is 0.0727. The van der Waals surface area contributed by atoms with E-state index in [2.05, 4.69) is 33.1 Å². The molecular weight excluding hydrogens is 692 g/mol. The van der Waals surface area contributed by atoms with Crippen LogP contribution in [0.15, 0.2) is 0 Å². The van der Waals surface area contributed by atoms with E-state index >= 15 is 0 Å². The third-order valence-electron chi connectivity index (χ3n) is 11.3. The third-order valence-corrected chi connectivity index (χ3v) is 11.3. The summed E-state index contributed by atoms with van der Waals surface area (Å²) >= 11 is 0. The summed E-state index contributed by atoms with van der Waals surface area (Å²) in [5, 5.41) is 11.7. The molecule has 0 aromatic rings. The Kier molecular flexibility index (Phi) is 20.8. The van der Waals surface area contributed by atoms with Crippen LogP contribution in [0.3, 0.4) is 0 Å². The van der Waals surface area contributed by atoms with Gasteiger partial charge in [0.05, 0.1) is 25.2 Å². The van der Waals surface area contributed by atoms with E-state index in [1.165, 1.54) is 4.90 Å². The second-order valence-electron chi connectivity index (χ2n) is 15.5. The van der Waals surface area contributed by atoms with E-state index in [1.807, 2.05) is 13.8 Å². The van der Waals surface area contributed by atoms with Crippen LogP contribution in [-0.4, -0.2) is 129 Å². The van der Waals surface area contributed by atoms with E-state index in [-0.39, 0.29) is 31.6 Å². The van der Waals surface area contributed by atoms with Gasteiger partial charge >= 0.3 is 0 Å². The largest absolute Gasteiger partial charge is 0.379 e. The summed E-state index contributed by atoms with van der Waals surface area (Å²) in [7, 11) is 1.66. The molecule has 0 radical (unpaired) electrons. The Balaban J connectivity index is 2.08. The minimum Gasteiger partial charge on any atom is -0.379 e. The number of hydrogen-bond acceptors (Lipinski definition) is 10. The topological polar surface area (TPSA) is 210 Å². The molecule has 7 atom stereocenters. The van der Waals surface area contributed by atoms with Gasteiger partial charge in [0.15, 0.2) is 0 Å². The third kappa shape index (κ3) is 14.0. The van der Waals surface area contributed by atoms with Crippen molar-refractivity contribution in [1.29, 1.82) is 0 Å². The maximum Gasteiger partial charge on any atom is 0.246 e. The Morgan fingerprint density at radius 1 is 0.759 bits per heavy atom. The number of ether oxygens (including phenoxy) is 2. The Bertz CT molecular complexity index is 1170. The number of hydrogen-bond donors (Lipinski definition) is 6. The molecule has 310 valence electrons. The summed E-state index contributed by atoms with van der Waals surface area (Å²) in [6, 6.07) is -3.99. The molecule has 3 fully saturated rings. The number of unbranched alkanes of at least 4 members (excludes halogenated alkanes) is 3. The molecule has 2 heterocycles. The van der Waals surface area contributed by atoms with Crippen molar-refractivity contribution >= 4 is 29.5 Å². The first-order chi connectivity index (χ1) is 26.1. The molecule has 3 aliphatic rings. The highest BCUT2D eigenvalue weighted by Gasteiger charge is 2.39. The van der Waals surface area contributed by atoms with Gasteiger partial charge in [-0.2, -0.15) is 0 Å². The van der Waals surface area contributed by atoms with Crippen LogP contribution in [-0.2, 0) is 33.4 Å². The molecular formula is C39H72N8O7. The fraction of sp³-hybridized carbons (Fsp3) is 0.872. The zero-order chi connectivity index (χ0) is 39.5. The second kappa shape index (κ2) is 24.6. The SMILES string of the molecule is CCCCCC[C@H]1OC[C@@H]2NC(=O)C(COCCCN2CCCN)NC(=O)C(CN)NC(=O)C(C2CCCCCC2)NC(=O)C(CCC)N(C)C(=O)C1C. The highest BCUT2D eigenvalue weighted by Crippen LogP contribution is 2.27. The predicted octanol–water partition coefficient (Wildman–Crippen LogP) is 1.52. The summed E-state index contributed by atoms with van der Waals surface area (Å²) in [5.41, 5.74) is 12.0. The summed E-state index contributed by atoms with van der Waals surface area (Å²) in [6.07, 6.45) is 11.3. The summed E-state index contributed by atoms with van der Waals surface area (Å²) in [5.74, 6) is -2.99. The maximum absolute atomic E-state index is 14.3. The number of carbonyl (C=O) groups is 5. The van der Waals surface area contributed by atoms with Gasteiger partial charge in [0.2, 0.25) is 29.5 Å². The lowest BCUT2D eigenvalue weighted by atomic mass is 9.90. The first-order valence-corrected chi connectivity index (χ1v) is 20.9. The van der Waals surface area contributed by atoms with Crippen molar-refractivity contribution < 1.29 is 33.4 Å². The molecule has 8 N–H and O–H groups in total. The van der Waals surface area contributed by atoms with Crippen molar-refractivity contribution in [3.8, 4) is 0 Å². The van der Waals surface area contributed by atoms with Crippen molar-refractivity contribution in [1.82, 2.24) is 31.1 Å². The Labute approximate surface area is 323 Å². The average Bonchev–Trinajstić information content (AvgIpc) is 3.45. The van der Waals surface area contributed by atoms with Crippen LogP contribution in [0.5, 0.6) is 0 Å². The quantitative estimate of drug-likeness (QED) is 0.125. The van der Waals surface area contributed by atoms with Gasteiger partial charge in [-0.25, -0.2) is 0 Å². The summed E-state index contributed by atoms with van der Waals surface area (Å²) in [4.78, 5) is 74.0. The normalized spacial score (nSPS) is 29.9.